The first-order valence-corrected chi connectivity index (χ1v) is 6.76. The Morgan fingerprint density at radius 1 is 1.27 bits per heavy atom. The molecule has 0 saturated carbocycles. The average molecular weight is 230 g/mol. The summed E-state index contributed by atoms with van der Waals surface area (Å²) in [6, 6.07) is 6.63. The van der Waals surface area contributed by atoms with Crippen molar-refractivity contribution in [1.82, 2.24) is 0 Å². The molecule has 1 atom stereocenters. The predicted octanol–water partition coefficient (Wildman–Crippen LogP) is 2.67. The molecule has 0 aliphatic rings. The van der Waals surface area contributed by atoms with Crippen molar-refractivity contribution >= 4 is 7.60 Å². The second kappa shape index (κ2) is 5.19. The fourth-order valence-corrected chi connectivity index (χ4v) is 1.53. The van der Waals surface area contributed by atoms with Gasteiger partial charge in [-0.3, -0.25) is 0 Å². The van der Waals surface area contributed by atoms with Gasteiger partial charge >= 0.3 is 7.60 Å². The van der Waals surface area contributed by atoms with Crippen molar-refractivity contribution in [2.24, 2.45) is 0 Å². The van der Waals surface area contributed by atoms with E-state index >= 15 is 0 Å². The van der Waals surface area contributed by atoms with Gasteiger partial charge in [-0.1, -0.05) is 6.92 Å². The summed E-state index contributed by atoms with van der Waals surface area (Å²) in [7, 11) is -3.46. The van der Waals surface area contributed by atoms with Gasteiger partial charge in [-0.25, -0.2) is 4.57 Å². The van der Waals surface area contributed by atoms with E-state index in [1.54, 1.807) is 24.3 Å². The van der Waals surface area contributed by atoms with E-state index in [0.717, 1.165) is 18.8 Å². The highest BCUT2D eigenvalue weighted by molar-refractivity contribution is 7.52. The van der Waals surface area contributed by atoms with Crippen LogP contribution in [0.3, 0.4) is 0 Å². The second-order valence-electron chi connectivity index (χ2n) is 3.21. The summed E-state index contributed by atoms with van der Waals surface area (Å²) >= 11 is 0. The van der Waals surface area contributed by atoms with Crippen LogP contribution in [0.2, 0.25) is 0 Å². The normalized spacial score (nSPS) is 14.3. The van der Waals surface area contributed by atoms with E-state index < -0.39 is 7.60 Å². The van der Waals surface area contributed by atoms with Crippen LogP contribution in [0.25, 0.3) is 0 Å². The molecule has 0 heterocycles. The van der Waals surface area contributed by atoms with Crippen molar-refractivity contribution in [3.8, 4) is 11.5 Å². The van der Waals surface area contributed by atoms with E-state index in [2.05, 4.69) is 0 Å². The minimum atomic E-state index is -3.46. The Bertz CT molecular complexity index is 341. The Morgan fingerprint density at radius 2 is 1.80 bits per heavy atom. The SMILES string of the molecule is CCCOc1ccc(OP(C)(=O)O)cc1. The van der Waals surface area contributed by atoms with E-state index in [1.807, 2.05) is 6.92 Å². The van der Waals surface area contributed by atoms with E-state index in [0.29, 0.717) is 12.4 Å². The van der Waals surface area contributed by atoms with E-state index in [-0.39, 0.29) is 0 Å². The van der Waals surface area contributed by atoms with Gasteiger partial charge in [0.1, 0.15) is 11.5 Å². The van der Waals surface area contributed by atoms with E-state index in [1.165, 1.54) is 0 Å². The molecule has 0 aromatic heterocycles. The topological polar surface area (TPSA) is 55.8 Å². The molecule has 0 fully saturated rings. The number of benzene rings is 1. The third kappa shape index (κ3) is 4.86. The van der Waals surface area contributed by atoms with Crippen LogP contribution in [0.1, 0.15) is 13.3 Å². The highest BCUT2D eigenvalue weighted by Gasteiger charge is 2.11. The summed E-state index contributed by atoms with van der Waals surface area (Å²) in [5.74, 6) is 1.10. The van der Waals surface area contributed by atoms with Crippen molar-refractivity contribution in [2.45, 2.75) is 13.3 Å². The van der Waals surface area contributed by atoms with Crippen molar-refractivity contribution in [3.05, 3.63) is 24.3 Å². The molecule has 5 heteroatoms. The van der Waals surface area contributed by atoms with Crippen LogP contribution in [-0.2, 0) is 4.57 Å². The highest BCUT2D eigenvalue weighted by Crippen LogP contribution is 2.38. The fraction of sp³-hybridized carbons (Fsp3) is 0.400. The van der Waals surface area contributed by atoms with Crippen LogP contribution < -0.4 is 9.26 Å². The molecule has 84 valence electrons. The zero-order valence-electron chi connectivity index (χ0n) is 8.84. The number of ether oxygens (including phenoxy) is 1. The molecule has 1 aromatic carbocycles. The molecule has 0 aliphatic carbocycles. The summed E-state index contributed by atoms with van der Waals surface area (Å²) in [4.78, 5) is 8.98. The molecular formula is C10H15O4P. The molecule has 1 aromatic rings. The smallest absolute Gasteiger partial charge is 0.373 e. The van der Waals surface area contributed by atoms with Crippen LogP contribution in [0.4, 0.5) is 0 Å². The quantitative estimate of drug-likeness (QED) is 0.790. The number of hydrogen-bond acceptors (Lipinski definition) is 3. The molecule has 15 heavy (non-hydrogen) atoms. The van der Waals surface area contributed by atoms with Gasteiger partial charge < -0.3 is 14.2 Å². The Hall–Kier alpha value is -0.990. The Kier molecular flexibility index (Phi) is 4.18. The number of rotatable bonds is 5. The van der Waals surface area contributed by atoms with Crippen molar-refractivity contribution in [1.29, 1.82) is 0 Å². The van der Waals surface area contributed by atoms with Gasteiger partial charge in [0, 0.05) is 6.66 Å². The molecule has 1 rings (SSSR count). The lowest BCUT2D eigenvalue weighted by molar-refractivity contribution is 0.317. The van der Waals surface area contributed by atoms with Crippen molar-refractivity contribution < 1.29 is 18.7 Å². The van der Waals surface area contributed by atoms with Gasteiger partial charge in [0.05, 0.1) is 6.61 Å². The molecule has 1 unspecified atom stereocenters. The van der Waals surface area contributed by atoms with E-state index in [9.17, 15) is 4.57 Å². The van der Waals surface area contributed by atoms with Gasteiger partial charge in [-0.15, -0.1) is 0 Å². The van der Waals surface area contributed by atoms with Crippen LogP contribution in [0, 0.1) is 0 Å². The Balaban J connectivity index is 2.60. The maximum atomic E-state index is 10.9. The summed E-state index contributed by atoms with van der Waals surface area (Å²) in [5, 5.41) is 0. The molecular weight excluding hydrogens is 215 g/mol. The molecule has 4 nitrogen and oxygen atoms in total. The standard InChI is InChI=1S/C10H15O4P/c1-3-8-13-9-4-6-10(7-5-9)14-15(2,11)12/h4-7H,3,8H2,1-2H3,(H,11,12). The highest BCUT2D eigenvalue weighted by atomic mass is 31.2. The van der Waals surface area contributed by atoms with E-state index in [4.69, 9.17) is 14.2 Å². The first-order valence-electron chi connectivity index (χ1n) is 4.74. The predicted molar refractivity (Wildman–Crippen MR) is 58.6 cm³/mol. The lowest BCUT2D eigenvalue weighted by atomic mass is 10.3. The lowest BCUT2D eigenvalue weighted by Crippen LogP contribution is -1.95. The van der Waals surface area contributed by atoms with Gasteiger partial charge in [0.25, 0.3) is 0 Å². The van der Waals surface area contributed by atoms with Crippen molar-refractivity contribution in [2.75, 3.05) is 13.3 Å². The third-order valence-electron chi connectivity index (χ3n) is 1.57. The van der Waals surface area contributed by atoms with Gasteiger partial charge in [-0.2, -0.15) is 0 Å². The molecule has 0 amide bonds. The lowest BCUT2D eigenvalue weighted by Gasteiger charge is -2.09. The zero-order chi connectivity index (χ0) is 11.3. The van der Waals surface area contributed by atoms with Gasteiger partial charge in [0.2, 0.25) is 0 Å². The first kappa shape index (κ1) is 12.1. The van der Waals surface area contributed by atoms with Crippen molar-refractivity contribution in [3.63, 3.8) is 0 Å². The first-order chi connectivity index (χ1) is 7.01. The number of hydrogen-bond donors (Lipinski definition) is 1. The fourth-order valence-electron chi connectivity index (χ4n) is 1.01. The monoisotopic (exact) mass is 230 g/mol. The minimum absolute atomic E-state index is 0.368. The van der Waals surface area contributed by atoms with Crippen LogP contribution in [-0.4, -0.2) is 18.2 Å². The third-order valence-corrected chi connectivity index (χ3v) is 2.12. The molecule has 0 spiro atoms. The molecule has 1 N–H and O–H groups in total. The van der Waals surface area contributed by atoms with Crippen LogP contribution in [0.5, 0.6) is 11.5 Å². The minimum Gasteiger partial charge on any atom is -0.494 e. The second-order valence-corrected chi connectivity index (χ2v) is 5.00. The van der Waals surface area contributed by atoms with Gasteiger partial charge in [-0.05, 0) is 30.7 Å². The maximum absolute atomic E-state index is 10.9. The summed E-state index contributed by atoms with van der Waals surface area (Å²) in [6.07, 6.45) is 0.944. The Morgan fingerprint density at radius 3 is 2.27 bits per heavy atom. The average Bonchev–Trinajstić information content (AvgIpc) is 2.14. The molecule has 0 aliphatic heterocycles. The maximum Gasteiger partial charge on any atom is 0.373 e. The zero-order valence-corrected chi connectivity index (χ0v) is 9.74. The largest absolute Gasteiger partial charge is 0.494 e. The Labute approximate surface area is 89.4 Å². The molecule has 0 bridgehead atoms. The molecule has 0 saturated heterocycles. The van der Waals surface area contributed by atoms with Crippen LogP contribution >= 0.6 is 7.60 Å². The summed E-state index contributed by atoms with van der Waals surface area (Å²) in [6.45, 7) is 3.83. The summed E-state index contributed by atoms with van der Waals surface area (Å²) < 4.78 is 21.1. The molecule has 0 radical (unpaired) electrons. The summed E-state index contributed by atoms with van der Waals surface area (Å²) in [5.41, 5.74) is 0. The van der Waals surface area contributed by atoms with Gasteiger partial charge in [0.15, 0.2) is 0 Å². The van der Waals surface area contributed by atoms with Crippen LogP contribution in [0.15, 0.2) is 24.3 Å².